The second-order valence-electron chi connectivity index (χ2n) is 9.42. The number of benzene rings is 1. The first-order chi connectivity index (χ1) is 14.2. The summed E-state index contributed by atoms with van der Waals surface area (Å²) in [5.74, 6) is 1.69. The summed E-state index contributed by atoms with van der Waals surface area (Å²) in [5.41, 5.74) is 4.09. The van der Waals surface area contributed by atoms with Crippen LogP contribution in [0.2, 0.25) is 25.7 Å². The number of hydrogen-bond acceptors (Lipinski definition) is 5. The van der Waals surface area contributed by atoms with Crippen molar-refractivity contribution in [3.8, 4) is 11.5 Å². The van der Waals surface area contributed by atoms with E-state index in [1.165, 1.54) is 0 Å². The van der Waals surface area contributed by atoms with Crippen LogP contribution in [0.4, 0.5) is 0 Å². The van der Waals surface area contributed by atoms with Gasteiger partial charge in [0.2, 0.25) is 0 Å². The van der Waals surface area contributed by atoms with Gasteiger partial charge in [-0.3, -0.25) is 0 Å². The molecule has 0 spiro atoms. The third-order valence-electron chi connectivity index (χ3n) is 5.47. The van der Waals surface area contributed by atoms with Crippen molar-refractivity contribution >= 4 is 8.07 Å². The minimum absolute atomic E-state index is 0.0557. The fourth-order valence-electron chi connectivity index (χ4n) is 3.24. The second-order valence-corrected chi connectivity index (χ2v) is 15.0. The molecule has 0 saturated carbocycles. The maximum atomic E-state index is 9.36. The number of hydrogen-bond donors (Lipinski definition) is 1. The Morgan fingerprint density at radius 1 is 1.23 bits per heavy atom. The molecule has 1 heterocycles. The van der Waals surface area contributed by atoms with Crippen molar-refractivity contribution in [2.24, 2.45) is 0 Å². The quantitative estimate of drug-likeness (QED) is 0.218. The van der Waals surface area contributed by atoms with Gasteiger partial charge in [-0.2, -0.15) is 0 Å². The molecule has 0 amide bonds. The van der Waals surface area contributed by atoms with Crippen molar-refractivity contribution in [1.82, 2.24) is 0 Å². The van der Waals surface area contributed by atoms with Crippen LogP contribution >= 0.6 is 0 Å². The zero-order valence-electron chi connectivity index (χ0n) is 19.7. The summed E-state index contributed by atoms with van der Waals surface area (Å²) in [6.07, 6.45) is 5.66. The van der Waals surface area contributed by atoms with Gasteiger partial charge in [0.15, 0.2) is 13.1 Å². The fourth-order valence-corrected chi connectivity index (χ4v) is 3.99. The van der Waals surface area contributed by atoms with E-state index in [-0.39, 0.29) is 19.7 Å². The van der Waals surface area contributed by atoms with E-state index in [1.807, 2.05) is 13.0 Å². The SMILES string of the molecule is C/C(=C/Cc1cc(OC2CCCCO2)c(C)c(C)c1OCOCC[Si](C)(C)C)CO. The average Bonchev–Trinajstić information content (AvgIpc) is 2.71. The van der Waals surface area contributed by atoms with Crippen LogP contribution in [0.5, 0.6) is 11.5 Å². The number of rotatable bonds is 11. The van der Waals surface area contributed by atoms with Crippen molar-refractivity contribution in [3.05, 3.63) is 34.4 Å². The number of aliphatic hydroxyl groups is 1. The lowest BCUT2D eigenvalue weighted by molar-refractivity contribution is -0.106. The topological polar surface area (TPSA) is 57.2 Å². The van der Waals surface area contributed by atoms with Crippen LogP contribution in [0.25, 0.3) is 0 Å². The van der Waals surface area contributed by atoms with Crippen molar-refractivity contribution in [3.63, 3.8) is 0 Å². The molecule has 1 N–H and O–H groups in total. The van der Waals surface area contributed by atoms with Gasteiger partial charge in [0, 0.05) is 26.7 Å². The maximum absolute atomic E-state index is 9.36. The normalized spacial score (nSPS) is 17.8. The number of ether oxygens (including phenoxy) is 4. The molecule has 0 radical (unpaired) electrons. The molecule has 6 heteroatoms. The zero-order valence-corrected chi connectivity index (χ0v) is 20.7. The third-order valence-corrected chi connectivity index (χ3v) is 7.17. The highest BCUT2D eigenvalue weighted by molar-refractivity contribution is 6.76. The highest BCUT2D eigenvalue weighted by Gasteiger charge is 2.20. The smallest absolute Gasteiger partial charge is 0.199 e. The Kier molecular flexibility index (Phi) is 9.88. The molecule has 5 nitrogen and oxygen atoms in total. The molecule has 0 aromatic heterocycles. The molecule has 1 saturated heterocycles. The van der Waals surface area contributed by atoms with Crippen molar-refractivity contribution < 1.29 is 24.1 Å². The lowest BCUT2D eigenvalue weighted by Crippen LogP contribution is -2.25. The predicted octanol–water partition coefficient (Wildman–Crippen LogP) is 5.38. The van der Waals surface area contributed by atoms with Crippen LogP contribution in [0.15, 0.2) is 17.7 Å². The lowest BCUT2D eigenvalue weighted by atomic mass is 10.00. The van der Waals surface area contributed by atoms with E-state index in [0.29, 0.717) is 6.42 Å². The first kappa shape index (κ1) is 24.9. The van der Waals surface area contributed by atoms with Crippen LogP contribution in [-0.2, 0) is 15.9 Å². The molecule has 1 aromatic carbocycles. The van der Waals surface area contributed by atoms with E-state index in [1.54, 1.807) is 0 Å². The molecule has 0 aliphatic carbocycles. The molecular weight excluding hydrogens is 396 g/mol. The Balaban J connectivity index is 2.16. The lowest BCUT2D eigenvalue weighted by Gasteiger charge is -2.26. The Morgan fingerprint density at radius 3 is 2.63 bits per heavy atom. The highest BCUT2D eigenvalue weighted by atomic mass is 28.3. The van der Waals surface area contributed by atoms with E-state index in [4.69, 9.17) is 18.9 Å². The van der Waals surface area contributed by atoms with E-state index in [2.05, 4.69) is 39.6 Å². The van der Waals surface area contributed by atoms with Crippen LogP contribution in [0.3, 0.4) is 0 Å². The summed E-state index contributed by atoms with van der Waals surface area (Å²) in [7, 11) is -1.12. The number of allylic oxidation sites excluding steroid dienone is 1. The van der Waals surface area contributed by atoms with Gasteiger partial charge in [0.25, 0.3) is 0 Å². The second kappa shape index (κ2) is 11.9. The third kappa shape index (κ3) is 8.06. The number of aliphatic hydroxyl groups excluding tert-OH is 1. The average molecular weight is 437 g/mol. The first-order valence-electron chi connectivity index (χ1n) is 11.1. The van der Waals surface area contributed by atoms with Crippen molar-refractivity contribution in [2.45, 2.75) is 78.4 Å². The van der Waals surface area contributed by atoms with E-state index < -0.39 is 8.07 Å². The monoisotopic (exact) mass is 436 g/mol. The van der Waals surface area contributed by atoms with Gasteiger partial charge in [0.05, 0.1) is 13.2 Å². The molecule has 30 heavy (non-hydrogen) atoms. The van der Waals surface area contributed by atoms with Gasteiger partial charge in [-0.1, -0.05) is 31.3 Å². The van der Waals surface area contributed by atoms with Gasteiger partial charge < -0.3 is 24.1 Å². The molecule has 1 aliphatic heterocycles. The summed E-state index contributed by atoms with van der Waals surface area (Å²) in [6.45, 7) is 14.9. The molecule has 1 atom stereocenters. The molecule has 2 rings (SSSR count). The molecule has 0 bridgehead atoms. The van der Waals surface area contributed by atoms with Crippen LogP contribution in [-0.4, -0.2) is 46.1 Å². The van der Waals surface area contributed by atoms with Gasteiger partial charge in [-0.15, -0.1) is 0 Å². The van der Waals surface area contributed by atoms with Gasteiger partial charge >= 0.3 is 0 Å². The van der Waals surface area contributed by atoms with Crippen molar-refractivity contribution in [2.75, 3.05) is 26.6 Å². The van der Waals surface area contributed by atoms with Gasteiger partial charge in [0.1, 0.15) is 11.5 Å². The Hall–Kier alpha value is -1.34. The first-order valence-corrected chi connectivity index (χ1v) is 14.8. The minimum Gasteiger partial charge on any atom is -0.467 e. The Labute approximate surface area is 183 Å². The summed E-state index contributed by atoms with van der Waals surface area (Å²) >= 11 is 0. The molecule has 1 aromatic rings. The highest BCUT2D eigenvalue weighted by Crippen LogP contribution is 2.35. The van der Waals surface area contributed by atoms with Crippen LogP contribution < -0.4 is 9.47 Å². The van der Waals surface area contributed by atoms with Gasteiger partial charge in [-0.05, 0) is 63.3 Å². The van der Waals surface area contributed by atoms with Gasteiger partial charge in [-0.25, -0.2) is 0 Å². The molecule has 1 aliphatic rings. The summed E-state index contributed by atoms with van der Waals surface area (Å²) in [5, 5.41) is 9.36. The van der Waals surface area contributed by atoms with E-state index in [0.717, 1.165) is 72.3 Å². The molecule has 1 unspecified atom stereocenters. The molecule has 1 fully saturated rings. The van der Waals surface area contributed by atoms with Crippen LogP contribution in [0.1, 0.15) is 42.9 Å². The molecule has 170 valence electrons. The minimum atomic E-state index is -1.12. The van der Waals surface area contributed by atoms with Crippen LogP contribution in [0, 0.1) is 13.8 Å². The standard InChI is InChI=1S/C24H40O5Si/c1-18(16-25)10-11-21-15-22(29-23-9-7-8-12-27-23)19(2)20(3)24(21)28-17-26-13-14-30(4,5)6/h10,15,23,25H,7-9,11-14,16-17H2,1-6H3/b18-10-. The largest absolute Gasteiger partial charge is 0.467 e. The summed E-state index contributed by atoms with van der Waals surface area (Å²) in [6, 6.07) is 3.17. The maximum Gasteiger partial charge on any atom is 0.199 e. The Bertz CT molecular complexity index is 703. The summed E-state index contributed by atoms with van der Waals surface area (Å²) in [4.78, 5) is 0. The predicted molar refractivity (Wildman–Crippen MR) is 124 cm³/mol. The van der Waals surface area contributed by atoms with E-state index in [9.17, 15) is 5.11 Å². The van der Waals surface area contributed by atoms with Crippen molar-refractivity contribution in [1.29, 1.82) is 0 Å². The van der Waals surface area contributed by atoms with E-state index >= 15 is 0 Å². The Morgan fingerprint density at radius 2 is 2.00 bits per heavy atom. The fraction of sp³-hybridized carbons (Fsp3) is 0.667. The summed E-state index contributed by atoms with van der Waals surface area (Å²) < 4.78 is 23.8. The molecular formula is C24H40O5Si. The zero-order chi connectivity index (χ0) is 22.1.